The smallest absolute Gasteiger partial charge is 0.240 e. The second-order valence-electron chi connectivity index (χ2n) is 10.4. The number of hydrogen-bond acceptors (Lipinski definition) is 4. The van der Waals surface area contributed by atoms with Gasteiger partial charge in [-0.15, -0.1) is 0 Å². The largest absolute Gasteiger partial charge is 0.355 e. The highest BCUT2D eigenvalue weighted by Crippen LogP contribution is 2.13. The van der Waals surface area contributed by atoms with Gasteiger partial charge in [0.15, 0.2) is 0 Å². The number of likely N-dealkylation sites (N-methyl/N-ethyl adjacent to an activating group) is 1. The van der Waals surface area contributed by atoms with Crippen LogP contribution in [-0.4, -0.2) is 61.9 Å². The van der Waals surface area contributed by atoms with E-state index >= 15 is 0 Å². The first-order valence-electron chi connectivity index (χ1n) is 14.4. The highest BCUT2D eigenvalue weighted by molar-refractivity contribution is 5.89. The number of rotatable bonds is 15. The van der Waals surface area contributed by atoms with Crippen molar-refractivity contribution < 1.29 is 18.8 Å². The topological polar surface area (TPSA) is 90.5 Å². The molecule has 7 nitrogen and oxygen atoms in total. The zero-order valence-corrected chi connectivity index (χ0v) is 25.2. The summed E-state index contributed by atoms with van der Waals surface area (Å²) in [4.78, 5) is 38.3. The lowest BCUT2D eigenvalue weighted by atomic mass is 9.99. The van der Waals surface area contributed by atoms with E-state index in [9.17, 15) is 18.8 Å². The summed E-state index contributed by atoms with van der Waals surface area (Å²) in [6.07, 6.45) is 4.87. The molecule has 8 heteroatoms. The number of carbonyl (C=O) groups is 3. The first-order valence-corrected chi connectivity index (χ1v) is 14.4. The van der Waals surface area contributed by atoms with E-state index in [4.69, 9.17) is 0 Å². The second-order valence-corrected chi connectivity index (χ2v) is 10.4. The van der Waals surface area contributed by atoms with E-state index in [-0.39, 0.29) is 48.6 Å². The Hall–Kier alpha value is -3.26. The number of nitrogens with one attached hydrogen (secondary N) is 3. The zero-order chi connectivity index (χ0) is 29.9. The number of aryl methyl sites for hydroxylation is 3. The van der Waals surface area contributed by atoms with Crippen LogP contribution in [0.25, 0.3) is 0 Å². The maximum Gasteiger partial charge on any atom is 0.240 e. The third kappa shape index (κ3) is 14.2. The number of halogens is 1. The van der Waals surface area contributed by atoms with Crippen molar-refractivity contribution in [3.8, 4) is 0 Å². The van der Waals surface area contributed by atoms with E-state index < -0.39 is 0 Å². The van der Waals surface area contributed by atoms with Gasteiger partial charge in [-0.05, 0) is 68.3 Å². The second kappa shape index (κ2) is 19.7. The summed E-state index contributed by atoms with van der Waals surface area (Å²) >= 11 is 0. The van der Waals surface area contributed by atoms with Crippen LogP contribution in [0.5, 0.6) is 0 Å². The normalized spacial score (nSPS) is 11.3. The summed E-state index contributed by atoms with van der Waals surface area (Å²) in [6.45, 7) is 11.3. The molecule has 2 aromatic rings. The highest BCUT2D eigenvalue weighted by atomic mass is 19.1. The van der Waals surface area contributed by atoms with Crippen LogP contribution in [0.3, 0.4) is 0 Å². The SMILES string of the molecule is CCCNC(C(=O)N(C)CC(=O)NCC(=O)NCCCc1ccccc1CCC)C(C)C.Cc1ccc(F)cc1. The van der Waals surface area contributed by atoms with Crippen LogP contribution in [0.2, 0.25) is 0 Å². The predicted molar refractivity (Wildman–Crippen MR) is 160 cm³/mol. The van der Waals surface area contributed by atoms with Crippen LogP contribution in [0.15, 0.2) is 48.5 Å². The van der Waals surface area contributed by atoms with Crippen molar-refractivity contribution in [1.82, 2.24) is 20.9 Å². The Balaban J connectivity index is 0.000000850. The molecule has 222 valence electrons. The molecular weight excluding hydrogens is 507 g/mol. The molecule has 1 unspecified atom stereocenters. The van der Waals surface area contributed by atoms with E-state index in [0.717, 1.165) is 44.2 Å². The molecule has 0 fully saturated rings. The van der Waals surface area contributed by atoms with Gasteiger partial charge in [-0.1, -0.05) is 76.1 Å². The van der Waals surface area contributed by atoms with Crippen molar-refractivity contribution in [2.24, 2.45) is 5.92 Å². The molecule has 1 atom stereocenters. The van der Waals surface area contributed by atoms with E-state index in [1.807, 2.05) is 33.8 Å². The Labute approximate surface area is 240 Å². The van der Waals surface area contributed by atoms with E-state index in [2.05, 4.69) is 41.1 Å². The van der Waals surface area contributed by atoms with Crippen LogP contribution in [-0.2, 0) is 27.2 Å². The van der Waals surface area contributed by atoms with Gasteiger partial charge in [0.25, 0.3) is 0 Å². The molecule has 0 saturated heterocycles. The number of benzene rings is 2. The minimum atomic E-state index is -0.345. The number of carbonyl (C=O) groups excluding carboxylic acids is 3. The Kier molecular flexibility index (Phi) is 17.2. The van der Waals surface area contributed by atoms with Gasteiger partial charge in [0.05, 0.1) is 19.1 Å². The Morgan fingerprint density at radius 1 is 0.850 bits per heavy atom. The minimum Gasteiger partial charge on any atom is -0.355 e. The van der Waals surface area contributed by atoms with Crippen molar-refractivity contribution >= 4 is 17.7 Å². The van der Waals surface area contributed by atoms with Crippen LogP contribution in [0.1, 0.15) is 63.6 Å². The summed E-state index contributed by atoms with van der Waals surface area (Å²) in [6, 6.07) is 14.5. The van der Waals surface area contributed by atoms with Gasteiger partial charge in [0, 0.05) is 13.6 Å². The molecule has 3 N–H and O–H groups in total. The monoisotopic (exact) mass is 556 g/mol. The van der Waals surface area contributed by atoms with E-state index in [1.165, 1.54) is 28.2 Å². The van der Waals surface area contributed by atoms with Crippen molar-refractivity contribution in [2.75, 3.05) is 33.2 Å². The van der Waals surface area contributed by atoms with Crippen molar-refractivity contribution in [3.05, 3.63) is 71.0 Å². The lowest BCUT2D eigenvalue weighted by molar-refractivity contribution is -0.137. The lowest BCUT2D eigenvalue weighted by Crippen LogP contribution is -2.51. The maximum atomic E-state index is 12.6. The molecule has 0 radical (unpaired) electrons. The summed E-state index contributed by atoms with van der Waals surface area (Å²) in [5, 5.41) is 8.68. The molecule has 0 aliphatic carbocycles. The molecule has 3 amide bonds. The maximum absolute atomic E-state index is 12.6. The van der Waals surface area contributed by atoms with E-state index in [0.29, 0.717) is 6.54 Å². The summed E-state index contributed by atoms with van der Waals surface area (Å²) in [7, 11) is 1.61. The fraction of sp³-hybridized carbons (Fsp3) is 0.531. The molecule has 0 bridgehead atoms. The van der Waals surface area contributed by atoms with Crippen molar-refractivity contribution in [2.45, 2.75) is 72.8 Å². The molecule has 40 heavy (non-hydrogen) atoms. The summed E-state index contributed by atoms with van der Waals surface area (Å²) in [5.74, 6) is -0.729. The number of hydrogen-bond donors (Lipinski definition) is 3. The van der Waals surface area contributed by atoms with Crippen LogP contribution in [0, 0.1) is 18.7 Å². The fourth-order valence-corrected chi connectivity index (χ4v) is 4.09. The molecule has 0 spiro atoms. The third-order valence-corrected chi connectivity index (χ3v) is 6.34. The minimum absolute atomic E-state index is 0.0721. The molecule has 0 heterocycles. The predicted octanol–water partition coefficient (Wildman–Crippen LogP) is 4.42. The first kappa shape index (κ1) is 34.8. The number of nitrogens with zero attached hydrogens (tertiary/aromatic N) is 1. The third-order valence-electron chi connectivity index (χ3n) is 6.34. The fourth-order valence-electron chi connectivity index (χ4n) is 4.09. The Morgan fingerprint density at radius 3 is 2.02 bits per heavy atom. The van der Waals surface area contributed by atoms with Crippen molar-refractivity contribution in [1.29, 1.82) is 0 Å². The van der Waals surface area contributed by atoms with Gasteiger partial charge in [0.2, 0.25) is 17.7 Å². The van der Waals surface area contributed by atoms with Crippen LogP contribution in [0.4, 0.5) is 4.39 Å². The highest BCUT2D eigenvalue weighted by Gasteiger charge is 2.25. The standard InChI is InChI=1S/C25H42N4O3.C7H7F/c1-6-11-20-12-8-9-13-21(20)14-10-16-26-22(30)17-28-23(31)18-29(5)25(32)24(19(3)4)27-15-7-2;1-6-2-4-7(8)5-3-6/h8-9,12-13,19,24,27H,6-7,10-11,14-18H2,1-5H3,(H,26,30)(H,28,31);2-5H,1H3. The molecular formula is C32H49FN4O3. The van der Waals surface area contributed by atoms with Crippen molar-refractivity contribution in [3.63, 3.8) is 0 Å². The Morgan fingerprint density at radius 2 is 1.48 bits per heavy atom. The lowest BCUT2D eigenvalue weighted by Gasteiger charge is -2.26. The number of amides is 3. The summed E-state index contributed by atoms with van der Waals surface area (Å²) < 4.78 is 12.1. The van der Waals surface area contributed by atoms with Gasteiger partial charge < -0.3 is 20.9 Å². The molecule has 2 rings (SSSR count). The van der Waals surface area contributed by atoms with E-state index in [1.54, 1.807) is 19.2 Å². The summed E-state index contributed by atoms with van der Waals surface area (Å²) in [5.41, 5.74) is 3.79. The van der Waals surface area contributed by atoms with Crippen LogP contribution >= 0.6 is 0 Å². The molecule has 2 aromatic carbocycles. The first-order chi connectivity index (χ1) is 19.1. The molecule has 0 aliphatic heterocycles. The van der Waals surface area contributed by atoms with Gasteiger partial charge >= 0.3 is 0 Å². The molecule has 0 aliphatic rings. The van der Waals surface area contributed by atoms with Gasteiger partial charge in [-0.2, -0.15) is 0 Å². The van der Waals surface area contributed by atoms with Crippen LogP contribution < -0.4 is 16.0 Å². The molecule has 0 saturated carbocycles. The van der Waals surface area contributed by atoms with Gasteiger partial charge in [0.1, 0.15) is 5.82 Å². The average molecular weight is 557 g/mol. The Bertz CT molecular complexity index is 1010. The quantitative estimate of drug-likeness (QED) is 0.283. The zero-order valence-electron chi connectivity index (χ0n) is 25.2. The molecule has 0 aromatic heterocycles. The van der Waals surface area contributed by atoms with Gasteiger partial charge in [-0.25, -0.2) is 4.39 Å². The van der Waals surface area contributed by atoms with Gasteiger partial charge in [-0.3, -0.25) is 14.4 Å². The average Bonchev–Trinajstić information content (AvgIpc) is 2.92.